The van der Waals surface area contributed by atoms with Gasteiger partial charge >= 0.3 is 12.0 Å². The molecule has 0 bridgehead atoms. The van der Waals surface area contributed by atoms with Crippen molar-refractivity contribution in [3.63, 3.8) is 0 Å². The minimum atomic E-state index is -0.720. The summed E-state index contributed by atoms with van der Waals surface area (Å²) in [5.74, 6) is -1.33. The Kier molecular flexibility index (Phi) is 4.75. The predicted octanol–water partition coefficient (Wildman–Crippen LogP) is 2.99. The molecule has 0 saturated carbocycles. The number of fused-ring (bicyclic) bond motifs is 1. The van der Waals surface area contributed by atoms with Crippen LogP contribution in [-0.2, 0) is 11.2 Å². The molecule has 1 aromatic heterocycles. The number of pyridine rings is 1. The number of halogens is 1. The number of amides is 2. The first-order valence-corrected chi connectivity index (χ1v) is 9.00. The first-order valence-electron chi connectivity index (χ1n) is 9.00. The van der Waals surface area contributed by atoms with Gasteiger partial charge in [-0.3, -0.25) is 9.88 Å². The van der Waals surface area contributed by atoms with Crippen LogP contribution in [0.25, 0.3) is 10.9 Å². The molecule has 148 valence electrons. The summed E-state index contributed by atoms with van der Waals surface area (Å²) in [4.78, 5) is 30.2. The summed E-state index contributed by atoms with van der Waals surface area (Å²) >= 11 is 0. The van der Waals surface area contributed by atoms with Gasteiger partial charge in [-0.1, -0.05) is 12.1 Å². The number of phenols is 1. The molecule has 2 N–H and O–H groups in total. The summed E-state index contributed by atoms with van der Waals surface area (Å²) in [5, 5.41) is 13.8. The van der Waals surface area contributed by atoms with Gasteiger partial charge < -0.3 is 15.2 Å². The topological polar surface area (TPSA) is 91.8 Å². The van der Waals surface area contributed by atoms with Crippen LogP contribution in [0, 0.1) is 5.82 Å². The van der Waals surface area contributed by atoms with Gasteiger partial charge in [-0.2, -0.15) is 0 Å². The van der Waals surface area contributed by atoms with Crippen molar-refractivity contribution in [2.24, 2.45) is 0 Å². The van der Waals surface area contributed by atoms with Crippen LogP contribution in [0.1, 0.15) is 21.5 Å². The Balaban J connectivity index is 1.86. The monoisotopic (exact) mass is 395 g/mol. The van der Waals surface area contributed by atoms with E-state index in [1.165, 1.54) is 30.2 Å². The number of hydrogen-bond acceptors (Lipinski definition) is 5. The first-order chi connectivity index (χ1) is 14.0. The van der Waals surface area contributed by atoms with Gasteiger partial charge in [-0.25, -0.2) is 14.0 Å². The van der Waals surface area contributed by atoms with E-state index in [1.54, 1.807) is 18.3 Å². The lowest BCUT2D eigenvalue weighted by Gasteiger charge is -2.19. The minimum absolute atomic E-state index is 0.0616. The zero-order chi connectivity index (χ0) is 20.5. The summed E-state index contributed by atoms with van der Waals surface area (Å²) in [5.41, 5.74) is 2.30. The van der Waals surface area contributed by atoms with Crippen molar-refractivity contribution in [1.29, 1.82) is 0 Å². The van der Waals surface area contributed by atoms with Gasteiger partial charge in [0.1, 0.15) is 16.9 Å². The van der Waals surface area contributed by atoms with Gasteiger partial charge in [0.15, 0.2) is 5.75 Å². The van der Waals surface area contributed by atoms with Gasteiger partial charge in [0, 0.05) is 24.7 Å². The van der Waals surface area contributed by atoms with E-state index in [1.807, 2.05) is 6.07 Å². The third kappa shape index (κ3) is 3.44. The molecule has 2 heterocycles. The Hall–Kier alpha value is -3.68. The molecule has 8 heteroatoms. The standard InChI is InChI=1S/C21H18FN3O4/c1-29-20(27)16-10-17(25-7-6-23-21(25)28)15-9-13(11-24-18(15)19(16)26)8-12-2-4-14(22)5-3-12/h2-5,9-11,26H,6-8H2,1H3,(H,23,28). The van der Waals surface area contributed by atoms with E-state index in [0.717, 1.165) is 11.1 Å². The molecule has 0 spiro atoms. The van der Waals surface area contributed by atoms with E-state index >= 15 is 0 Å². The Morgan fingerprint density at radius 1 is 1.28 bits per heavy atom. The fourth-order valence-corrected chi connectivity index (χ4v) is 3.43. The van der Waals surface area contributed by atoms with Crippen molar-refractivity contribution in [3.8, 4) is 5.75 Å². The number of carbonyl (C=O) groups is 2. The molecule has 1 fully saturated rings. The third-order valence-electron chi connectivity index (χ3n) is 4.86. The maximum atomic E-state index is 13.2. The van der Waals surface area contributed by atoms with E-state index in [4.69, 9.17) is 4.74 Å². The van der Waals surface area contributed by atoms with E-state index < -0.39 is 5.97 Å². The van der Waals surface area contributed by atoms with Crippen molar-refractivity contribution >= 4 is 28.6 Å². The molecular formula is C21H18FN3O4. The highest BCUT2D eigenvalue weighted by Crippen LogP contribution is 2.37. The summed E-state index contributed by atoms with van der Waals surface area (Å²) < 4.78 is 17.9. The smallest absolute Gasteiger partial charge is 0.341 e. The van der Waals surface area contributed by atoms with Crippen LogP contribution in [0.3, 0.4) is 0 Å². The van der Waals surface area contributed by atoms with Crippen LogP contribution in [-0.4, -0.2) is 42.3 Å². The average Bonchev–Trinajstić information content (AvgIpc) is 3.15. The Labute approximate surface area is 165 Å². The lowest BCUT2D eigenvalue weighted by atomic mass is 10.0. The van der Waals surface area contributed by atoms with E-state index in [0.29, 0.717) is 30.6 Å². The van der Waals surface area contributed by atoms with Gasteiger partial charge in [0.05, 0.1) is 12.8 Å². The van der Waals surface area contributed by atoms with Crippen LogP contribution in [0.2, 0.25) is 0 Å². The second-order valence-electron chi connectivity index (χ2n) is 6.71. The Morgan fingerprint density at radius 3 is 2.69 bits per heavy atom. The van der Waals surface area contributed by atoms with Crippen LogP contribution in [0.4, 0.5) is 14.9 Å². The lowest BCUT2D eigenvalue weighted by Crippen LogP contribution is -2.28. The number of ether oxygens (including phenoxy) is 1. The number of carbonyl (C=O) groups excluding carboxylic acids is 2. The molecule has 7 nitrogen and oxygen atoms in total. The number of phenolic OH excluding ortho intramolecular Hbond substituents is 1. The molecule has 2 aromatic carbocycles. The van der Waals surface area contributed by atoms with Crippen molar-refractivity contribution < 1.29 is 23.8 Å². The number of urea groups is 1. The zero-order valence-electron chi connectivity index (χ0n) is 15.6. The fourth-order valence-electron chi connectivity index (χ4n) is 3.43. The van der Waals surface area contributed by atoms with Gasteiger partial charge in [-0.05, 0) is 41.8 Å². The number of aromatic nitrogens is 1. The van der Waals surface area contributed by atoms with E-state index in [9.17, 15) is 19.1 Å². The number of benzene rings is 2. The second-order valence-corrected chi connectivity index (χ2v) is 6.71. The number of rotatable bonds is 4. The van der Waals surface area contributed by atoms with Gasteiger partial charge in [0.25, 0.3) is 0 Å². The molecular weight excluding hydrogens is 377 g/mol. The average molecular weight is 395 g/mol. The molecule has 0 unspecified atom stereocenters. The fraction of sp³-hybridized carbons (Fsp3) is 0.190. The van der Waals surface area contributed by atoms with Crippen molar-refractivity contribution in [2.45, 2.75) is 6.42 Å². The number of anilines is 1. The number of esters is 1. The number of methoxy groups -OCH3 is 1. The van der Waals surface area contributed by atoms with Crippen molar-refractivity contribution in [3.05, 3.63) is 65.1 Å². The van der Waals surface area contributed by atoms with Gasteiger partial charge in [-0.15, -0.1) is 0 Å². The summed E-state index contributed by atoms with van der Waals surface area (Å²) in [6.07, 6.45) is 2.08. The number of aromatic hydroxyl groups is 1. The molecule has 0 atom stereocenters. The highest BCUT2D eigenvalue weighted by molar-refractivity contribution is 6.09. The zero-order valence-corrected chi connectivity index (χ0v) is 15.6. The maximum absolute atomic E-state index is 13.2. The molecule has 1 aliphatic rings. The number of nitrogens with zero attached hydrogens (tertiary/aromatic N) is 2. The molecule has 29 heavy (non-hydrogen) atoms. The van der Waals surface area contributed by atoms with Crippen LogP contribution in [0.15, 0.2) is 42.6 Å². The summed E-state index contributed by atoms with van der Waals surface area (Å²) in [6.45, 7) is 0.888. The lowest BCUT2D eigenvalue weighted by molar-refractivity contribution is 0.0597. The maximum Gasteiger partial charge on any atom is 0.341 e. The second kappa shape index (κ2) is 7.38. The van der Waals surface area contributed by atoms with Crippen molar-refractivity contribution in [2.75, 3.05) is 25.1 Å². The normalized spacial score (nSPS) is 13.6. The molecule has 2 amide bonds. The molecule has 0 aliphatic carbocycles. The molecule has 1 saturated heterocycles. The van der Waals surface area contributed by atoms with Crippen molar-refractivity contribution in [1.82, 2.24) is 10.3 Å². The molecule has 3 aromatic rings. The molecule has 4 rings (SSSR count). The van der Waals surface area contributed by atoms with Gasteiger partial charge in [0.2, 0.25) is 0 Å². The minimum Gasteiger partial charge on any atom is -0.505 e. The molecule has 1 aliphatic heterocycles. The largest absolute Gasteiger partial charge is 0.505 e. The van der Waals surface area contributed by atoms with Crippen LogP contribution >= 0.6 is 0 Å². The van der Waals surface area contributed by atoms with Crippen LogP contribution in [0.5, 0.6) is 5.75 Å². The number of hydrogen-bond donors (Lipinski definition) is 2. The molecule has 0 radical (unpaired) electrons. The van der Waals surface area contributed by atoms with E-state index in [-0.39, 0.29) is 28.7 Å². The first kappa shape index (κ1) is 18.7. The SMILES string of the molecule is COC(=O)c1cc(N2CCNC2=O)c2cc(Cc3ccc(F)cc3)cnc2c1O. The Morgan fingerprint density at radius 2 is 2.03 bits per heavy atom. The highest BCUT2D eigenvalue weighted by Gasteiger charge is 2.27. The highest BCUT2D eigenvalue weighted by atomic mass is 19.1. The Bertz CT molecular complexity index is 1120. The third-order valence-corrected chi connectivity index (χ3v) is 4.86. The summed E-state index contributed by atoms with van der Waals surface area (Å²) in [7, 11) is 1.22. The number of nitrogens with one attached hydrogen (secondary N) is 1. The predicted molar refractivity (Wildman–Crippen MR) is 105 cm³/mol. The quantitative estimate of drug-likeness (QED) is 0.663. The summed E-state index contributed by atoms with van der Waals surface area (Å²) in [6, 6.07) is 9.11. The van der Waals surface area contributed by atoms with Crippen LogP contribution < -0.4 is 10.2 Å². The van der Waals surface area contributed by atoms with E-state index in [2.05, 4.69) is 10.3 Å².